The van der Waals surface area contributed by atoms with Crippen molar-refractivity contribution in [2.75, 3.05) is 11.5 Å². The molecule has 1 aliphatic heterocycles. The predicted molar refractivity (Wildman–Crippen MR) is 78.3 cm³/mol. The van der Waals surface area contributed by atoms with E-state index in [4.69, 9.17) is 0 Å². The van der Waals surface area contributed by atoms with E-state index in [0.717, 1.165) is 3.57 Å². The van der Waals surface area contributed by atoms with Gasteiger partial charge in [-0.2, -0.15) is 0 Å². The standard InChI is InChI=1S/C12H14INO3S/c1-12(6-7-18(16,17)8-12)14-11(15)9-2-4-10(13)5-3-9/h2-5H,6-8H2,1H3,(H,14,15). The smallest absolute Gasteiger partial charge is 0.251 e. The summed E-state index contributed by atoms with van der Waals surface area (Å²) in [4.78, 5) is 12.0. The highest BCUT2D eigenvalue weighted by Gasteiger charge is 2.39. The highest BCUT2D eigenvalue weighted by atomic mass is 127. The molecule has 0 bridgehead atoms. The summed E-state index contributed by atoms with van der Waals surface area (Å²) in [5, 5.41) is 2.83. The Labute approximate surface area is 120 Å². The number of benzene rings is 1. The van der Waals surface area contributed by atoms with Crippen molar-refractivity contribution in [3.8, 4) is 0 Å². The fourth-order valence-electron chi connectivity index (χ4n) is 2.06. The van der Waals surface area contributed by atoms with E-state index in [-0.39, 0.29) is 17.4 Å². The lowest BCUT2D eigenvalue weighted by molar-refractivity contribution is 0.0915. The first-order chi connectivity index (χ1) is 8.30. The van der Waals surface area contributed by atoms with Crippen LogP contribution in [-0.4, -0.2) is 31.4 Å². The van der Waals surface area contributed by atoms with Crippen molar-refractivity contribution in [3.63, 3.8) is 0 Å². The van der Waals surface area contributed by atoms with Crippen molar-refractivity contribution < 1.29 is 13.2 Å². The fourth-order valence-corrected chi connectivity index (χ4v) is 4.51. The number of rotatable bonds is 2. The van der Waals surface area contributed by atoms with Gasteiger partial charge in [0.25, 0.3) is 5.91 Å². The molecule has 0 aromatic heterocycles. The summed E-state index contributed by atoms with van der Waals surface area (Å²) in [5.74, 6) is -0.0435. The zero-order valence-electron chi connectivity index (χ0n) is 9.94. The molecule has 98 valence electrons. The van der Waals surface area contributed by atoms with Gasteiger partial charge in [0.2, 0.25) is 0 Å². The summed E-state index contributed by atoms with van der Waals surface area (Å²) in [6.07, 6.45) is 0.478. The van der Waals surface area contributed by atoms with Crippen LogP contribution in [0.25, 0.3) is 0 Å². The minimum atomic E-state index is -3.00. The molecule has 1 atom stereocenters. The van der Waals surface area contributed by atoms with Crippen molar-refractivity contribution in [2.45, 2.75) is 18.9 Å². The van der Waals surface area contributed by atoms with Crippen molar-refractivity contribution in [1.82, 2.24) is 5.32 Å². The van der Waals surface area contributed by atoms with Gasteiger partial charge in [-0.15, -0.1) is 0 Å². The summed E-state index contributed by atoms with van der Waals surface area (Å²) in [6, 6.07) is 7.18. The first-order valence-electron chi connectivity index (χ1n) is 5.58. The number of carbonyl (C=O) groups excluding carboxylic acids is 1. The van der Waals surface area contributed by atoms with Gasteiger partial charge in [0.15, 0.2) is 9.84 Å². The van der Waals surface area contributed by atoms with Crippen LogP contribution in [0.4, 0.5) is 0 Å². The van der Waals surface area contributed by atoms with Crippen molar-refractivity contribution >= 4 is 38.3 Å². The SMILES string of the molecule is CC1(NC(=O)c2ccc(I)cc2)CCS(=O)(=O)C1. The van der Waals surface area contributed by atoms with Crippen molar-refractivity contribution in [2.24, 2.45) is 0 Å². The molecule has 1 N–H and O–H groups in total. The third-order valence-electron chi connectivity index (χ3n) is 3.03. The number of sulfone groups is 1. The Balaban J connectivity index is 2.10. The van der Waals surface area contributed by atoms with Gasteiger partial charge in [-0.1, -0.05) is 0 Å². The molecule has 1 aliphatic rings. The molecule has 1 amide bonds. The van der Waals surface area contributed by atoms with E-state index in [1.807, 2.05) is 12.1 Å². The number of nitrogens with one attached hydrogen (secondary N) is 1. The number of amides is 1. The van der Waals surface area contributed by atoms with E-state index in [1.165, 1.54) is 0 Å². The van der Waals surface area contributed by atoms with Gasteiger partial charge in [0.05, 0.1) is 17.0 Å². The van der Waals surface area contributed by atoms with E-state index < -0.39 is 15.4 Å². The lowest BCUT2D eigenvalue weighted by atomic mass is 10.0. The Bertz CT molecular complexity index is 567. The monoisotopic (exact) mass is 379 g/mol. The Morgan fingerprint density at radius 1 is 1.33 bits per heavy atom. The second-order valence-electron chi connectivity index (χ2n) is 4.86. The molecule has 0 aliphatic carbocycles. The van der Waals surface area contributed by atoms with Gasteiger partial charge in [0, 0.05) is 9.13 Å². The van der Waals surface area contributed by atoms with Crippen LogP contribution < -0.4 is 5.32 Å². The van der Waals surface area contributed by atoms with Crippen LogP contribution >= 0.6 is 22.6 Å². The third kappa shape index (κ3) is 3.23. The Morgan fingerprint density at radius 3 is 2.44 bits per heavy atom. The van der Waals surface area contributed by atoms with Crippen molar-refractivity contribution in [3.05, 3.63) is 33.4 Å². The molecule has 1 unspecified atom stereocenters. The maximum atomic E-state index is 12.0. The lowest BCUT2D eigenvalue weighted by Crippen LogP contribution is -2.46. The molecule has 0 radical (unpaired) electrons. The fraction of sp³-hybridized carbons (Fsp3) is 0.417. The van der Waals surface area contributed by atoms with Gasteiger partial charge >= 0.3 is 0 Å². The molecule has 0 spiro atoms. The zero-order valence-corrected chi connectivity index (χ0v) is 12.9. The normalized spacial score (nSPS) is 25.9. The summed E-state index contributed by atoms with van der Waals surface area (Å²) in [5.41, 5.74) is -0.0835. The average Bonchev–Trinajstić information content (AvgIpc) is 2.53. The lowest BCUT2D eigenvalue weighted by Gasteiger charge is -2.23. The van der Waals surface area contributed by atoms with E-state index in [0.29, 0.717) is 12.0 Å². The Kier molecular flexibility index (Phi) is 3.68. The Hall–Kier alpha value is -0.630. The Morgan fingerprint density at radius 2 is 1.94 bits per heavy atom. The molecule has 1 saturated heterocycles. The first-order valence-corrected chi connectivity index (χ1v) is 8.48. The third-order valence-corrected chi connectivity index (χ3v) is 5.65. The molecule has 18 heavy (non-hydrogen) atoms. The number of carbonyl (C=O) groups is 1. The number of hydrogen-bond donors (Lipinski definition) is 1. The summed E-state index contributed by atoms with van der Waals surface area (Å²) < 4.78 is 24.0. The van der Waals surface area contributed by atoms with Crippen LogP contribution in [0.5, 0.6) is 0 Å². The topological polar surface area (TPSA) is 63.2 Å². The zero-order chi connectivity index (χ0) is 13.4. The summed E-state index contributed by atoms with van der Waals surface area (Å²) >= 11 is 2.17. The predicted octanol–water partition coefficient (Wildman–Crippen LogP) is 1.60. The quantitative estimate of drug-likeness (QED) is 0.795. The van der Waals surface area contributed by atoms with Gasteiger partial charge < -0.3 is 5.32 Å². The van der Waals surface area contributed by atoms with Crippen LogP contribution in [0.1, 0.15) is 23.7 Å². The van der Waals surface area contributed by atoms with Gasteiger partial charge in [-0.05, 0) is 60.2 Å². The average molecular weight is 379 g/mol. The molecule has 0 saturated carbocycles. The van der Waals surface area contributed by atoms with Gasteiger partial charge in [-0.25, -0.2) is 8.42 Å². The highest BCUT2D eigenvalue weighted by molar-refractivity contribution is 14.1. The second-order valence-corrected chi connectivity index (χ2v) is 8.29. The van der Waals surface area contributed by atoms with Crippen molar-refractivity contribution in [1.29, 1.82) is 0 Å². The molecule has 1 heterocycles. The van der Waals surface area contributed by atoms with Gasteiger partial charge in [0.1, 0.15) is 0 Å². The van der Waals surface area contributed by atoms with Crippen LogP contribution in [0.3, 0.4) is 0 Å². The summed E-state index contributed by atoms with van der Waals surface area (Å²) in [6.45, 7) is 1.78. The molecule has 4 nitrogen and oxygen atoms in total. The second kappa shape index (κ2) is 4.80. The molecule has 1 aromatic carbocycles. The highest BCUT2D eigenvalue weighted by Crippen LogP contribution is 2.23. The van der Waals surface area contributed by atoms with Crippen LogP contribution in [0, 0.1) is 3.57 Å². The molecule has 6 heteroatoms. The molecule has 2 rings (SSSR count). The maximum absolute atomic E-state index is 12.0. The van der Waals surface area contributed by atoms with E-state index >= 15 is 0 Å². The molecule has 1 fully saturated rings. The van der Waals surface area contributed by atoms with Crippen LogP contribution in [0.15, 0.2) is 24.3 Å². The van der Waals surface area contributed by atoms with E-state index in [1.54, 1.807) is 19.1 Å². The minimum Gasteiger partial charge on any atom is -0.346 e. The van der Waals surface area contributed by atoms with Gasteiger partial charge in [-0.3, -0.25) is 4.79 Å². The summed E-state index contributed by atoms with van der Waals surface area (Å²) in [7, 11) is -3.00. The number of hydrogen-bond acceptors (Lipinski definition) is 3. The van der Waals surface area contributed by atoms with E-state index in [9.17, 15) is 13.2 Å². The van der Waals surface area contributed by atoms with Crippen LogP contribution in [0.2, 0.25) is 0 Å². The maximum Gasteiger partial charge on any atom is 0.251 e. The minimum absolute atomic E-state index is 0.0239. The number of halogens is 1. The van der Waals surface area contributed by atoms with Crippen LogP contribution in [-0.2, 0) is 9.84 Å². The molecule has 1 aromatic rings. The largest absolute Gasteiger partial charge is 0.346 e. The molecular formula is C12H14INO3S. The van der Waals surface area contributed by atoms with E-state index in [2.05, 4.69) is 27.9 Å². The molecular weight excluding hydrogens is 365 g/mol. The first kappa shape index (κ1) is 13.8.